The summed E-state index contributed by atoms with van der Waals surface area (Å²) < 4.78 is 0. The molecule has 0 unspecified atom stereocenters. The molecule has 0 spiro atoms. The Morgan fingerprint density at radius 3 is 1.00 bits per heavy atom. The third kappa shape index (κ3) is 54.9. The van der Waals surface area contributed by atoms with E-state index in [0.29, 0.717) is 0 Å². The van der Waals surface area contributed by atoms with Crippen molar-refractivity contribution in [1.82, 2.24) is 0 Å². The summed E-state index contributed by atoms with van der Waals surface area (Å²) >= 11 is 0. The molecule has 0 N–H and O–H groups in total. The van der Waals surface area contributed by atoms with Gasteiger partial charge in [-0.25, -0.2) is 0 Å². The van der Waals surface area contributed by atoms with Gasteiger partial charge in [0.1, 0.15) is 0 Å². The second kappa shape index (κ2) is 22.4. The van der Waals surface area contributed by atoms with Crippen molar-refractivity contribution < 1.29 is 93.0 Å². The molecule has 0 bridgehead atoms. The quantitative estimate of drug-likeness (QED) is 0.368. The van der Waals surface area contributed by atoms with Crippen LogP contribution < -0.4 is 15.1 Å². The Morgan fingerprint density at radius 2 is 1.00 bits per heavy atom. The zero-order valence-corrected chi connectivity index (χ0v) is 11.4. The van der Waals surface area contributed by atoms with Gasteiger partial charge in [-0.1, -0.05) is 0 Å². The average Bonchev–Trinajstić information content (AvgIpc) is 0.811. The Morgan fingerprint density at radius 1 is 1.00 bits per heavy atom. The normalized spacial score (nSPS) is 3.38. The van der Waals surface area contributed by atoms with Gasteiger partial charge in [-0.05, 0) is 0 Å². The van der Waals surface area contributed by atoms with Crippen LogP contribution in [0.2, 0.25) is 0 Å². The van der Waals surface area contributed by atoms with Gasteiger partial charge in [0.15, 0.2) is 0 Å². The van der Waals surface area contributed by atoms with E-state index < -0.39 is 7.32 Å². The Balaban J connectivity index is -0.00000000750. The molecule has 4 nitrogen and oxygen atoms in total. The van der Waals surface area contributed by atoms with Crippen molar-refractivity contribution in [2.75, 3.05) is 0 Å². The second-order valence-electron chi connectivity index (χ2n) is 0.289. The average molecular weight is 423 g/mol. The fraction of sp³-hybridized carbons (Fsp3) is 0. The van der Waals surface area contributed by atoms with Crippen molar-refractivity contribution in [3.63, 3.8) is 0 Å². The molecule has 0 aliphatic carbocycles. The first kappa shape index (κ1) is 29.9. The zero-order valence-electron chi connectivity index (χ0n) is 3.77. The van der Waals surface area contributed by atoms with Crippen LogP contribution >= 0.6 is 0 Å². The zero-order chi connectivity index (χ0) is 3.58. The van der Waals surface area contributed by atoms with Gasteiger partial charge >= 0.3 is 110 Å². The molecule has 0 amide bonds. The van der Waals surface area contributed by atoms with E-state index in [1.165, 1.54) is 0 Å². The fourth-order valence-electron chi connectivity index (χ4n) is 0. The summed E-state index contributed by atoms with van der Waals surface area (Å²) in [5.74, 6) is 0. The van der Waals surface area contributed by atoms with Crippen LogP contribution in [-0.2, 0) is 5.48 Å². The van der Waals surface area contributed by atoms with Crippen LogP contribution in [0, 0.1) is 72.5 Å². The molecule has 0 aromatic heterocycles. The molecule has 8 heteroatoms. The third-order valence-electron chi connectivity index (χ3n) is 0. The molecule has 8 heavy (non-hydrogen) atoms. The molecule has 0 aromatic carbocycles. The maximum atomic E-state index is 8.42. The first-order valence-electron chi connectivity index (χ1n) is 0.707. The van der Waals surface area contributed by atoms with E-state index >= 15 is 0 Å². The van der Waals surface area contributed by atoms with Gasteiger partial charge in [-0.2, -0.15) is 0 Å². The standard InChI is InChI=1S/BO3.Ca.La.O.Tm/c2-1(3)4;;;;/q-3;+2;+3;-2;+3. The summed E-state index contributed by atoms with van der Waals surface area (Å²) in [6.45, 7) is 0. The van der Waals surface area contributed by atoms with Gasteiger partial charge in [0.05, 0.1) is 0 Å². The van der Waals surface area contributed by atoms with Gasteiger partial charge in [0, 0.05) is 0 Å². The van der Waals surface area contributed by atoms with E-state index in [9.17, 15) is 0 Å². The van der Waals surface area contributed by atoms with Crippen LogP contribution in [0.1, 0.15) is 0 Å². The molecule has 0 rings (SSSR count). The van der Waals surface area contributed by atoms with E-state index in [1.807, 2.05) is 0 Å². The van der Waals surface area contributed by atoms with Crippen molar-refractivity contribution >= 4 is 45.1 Å². The molecule has 0 radical (unpaired) electrons. The fourth-order valence-corrected chi connectivity index (χ4v) is 0. The molecule has 0 aliphatic heterocycles. The number of hydrogen-bond donors (Lipinski definition) is 0. The third-order valence-corrected chi connectivity index (χ3v) is 0. The minimum Gasteiger partial charge on any atom is -2.00 e. The van der Waals surface area contributed by atoms with Crippen molar-refractivity contribution in [2.24, 2.45) is 0 Å². The Labute approximate surface area is 135 Å². The Bertz CT molecular complexity index is 20.8. The first-order chi connectivity index (χ1) is 1.73. The van der Waals surface area contributed by atoms with Gasteiger partial charge < -0.3 is 20.5 Å². The maximum absolute atomic E-state index is 8.42. The van der Waals surface area contributed by atoms with Gasteiger partial charge in [0.25, 0.3) is 0 Å². The number of hydrogen-bond acceptors (Lipinski definition) is 3. The largest absolute Gasteiger partial charge is 3.00 e. The molecule has 42 valence electrons. The molecular weight excluding hydrogens is 423 g/mol. The predicted molar refractivity (Wildman–Crippen MR) is 12.2 cm³/mol. The summed E-state index contributed by atoms with van der Waals surface area (Å²) in [4.78, 5) is 0. The molecular formula is BCaLaO4Tm+3. The van der Waals surface area contributed by atoms with Crippen LogP contribution in [0.4, 0.5) is 0 Å². The molecule has 0 saturated heterocycles. The van der Waals surface area contributed by atoms with Crippen LogP contribution in [0.15, 0.2) is 0 Å². The van der Waals surface area contributed by atoms with Gasteiger partial charge in [-0.3, -0.25) is 7.32 Å². The maximum Gasteiger partial charge on any atom is 3.00 e. The molecule has 0 saturated carbocycles. The summed E-state index contributed by atoms with van der Waals surface area (Å²) in [6.07, 6.45) is 0. The topological polar surface area (TPSA) is 97.7 Å². The predicted octanol–water partition coefficient (Wildman–Crippen LogP) is -4.45. The Hall–Kier alpha value is 3.59. The number of rotatable bonds is 0. The minimum absolute atomic E-state index is 0. The van der Waals surface area contributed by atoms with E-state index in [2.05, 4.69) is 0 Å². The summed E-state index contributed by atoms with van der Waals surface area (Å²) in [6, 6.07) is 0. The molecule has 0 heterocycles. The SMILES string of the molecule is [Ca+2].[La+3].[O-2].[O-]B([O-])[O-].[Tm+3]. The van der Waals surface area contributed by atoms with Crippen LogP contribution in [-0.4, -0.2) is 45.1 Å². The van der Waals surface area contributed by atoms with Crippen molar-refractivity contribution in [3.05, 3.63) is 0 Å². The van der Waals surface area contributed by atoms with E-state index in [4.69, 9.17) is 15.1 Å². The summed E-state index contributed by atoms with van der Waals surface area (Å²) in [5.41, 5.74) is 0. The van der Waals surface area contributed by atoms with E-state index in [0.717, 1.165) is 0 Å². The smallest absolute Gasteiger partial charge is 2.00 e. The molecule has 0 atom stereocenters. The first-order valence-corrected chi connectivity index (χ1v) is 0.707. The van der Waals surface area contributed by atoms with Crippen molar-refractivity contribution in [3.8, 4) is 0 Å². The van der Waals surface area contributed by atoms with Gasteiger partial charge in [-0.15, -0.1) is 0 Å². The van der Waals surface area contributed by atoms with E-state index in [1.54, 1.807) is 0 Å². The van der Waals surface area contributed by atoms with Crippen LogP contribution in [0.5, 0.6) is 0 Å². The van der Waals surface area contributed by atoms with Crippen molar-refractivity contribution in [1.29, 1.82) is 0 Å². The minimum atomic E-state index is -2.92. The van der Waals surface area contributed by atoms with Gasteiger partial charge in [0.2, 0.25) is 0 Å². The molecule has 0 aliphatic rings. The Kier molecular flexibility index (Phi) is 83.9. The molecule has 0 fully saturated rings. The summed E-state index contributed by atoms with van der Waals surface area (Å²) in [7, 11) is -2.92. The van der Waals surface area contributed by atoms with Crippen LogP contribution in [0.25, 0.3) is 0 Å². The van der Waals surface area contributed by atoms with Crippen LogP contribution in [0.3, 0.4) is 0 Å². The van der Waals surface area contributed by atoms with Crippen molar-refractivity contribution in [2.45, 2.75) is 0 Å². The molecule has 0 aromatic rings. The van der Waals surface area contributed by atoms with E-state index in [-0.39, 0.29) is 116 Å². The second-order valence-corrected chi connectivity index (χ2v) is 0.289. The summed E-state index contributed by atoms with van der Waals surface area (Å²) in [5, 5.41) is 25.2. The monoisotopic (exact) mass is 423 g/mol.